The Balaban J connectivity index is 2.06. The first-order valence-corrected chi connectivity index (χ1v) is 6.56. The van der Waals surface area contributed by atoms with Gasteiger partial charge in [0.1, 0.15) is 5.75 Å². The highest BCUT2D eigenvalue weighted by Gasteiger charge is 2.00. The maximum absolute atomic E-state index is 5.21. The van der Waals surface area contributed by atoms with Crippen LogP contribution in [0.15, 0.2) is 40.2 Å². The van der Waals surface area contributed by atoms with Crippen LogP contribution in [0.25, 0.3) is 0 Å². The molecule has 0 radical (unpaired) electrons. The van der Waals surface area contributed by atoms with E-state index in [0.717, 1.165) is 22.5 Å². The Morgan fingerprint density at radius 1 is 1.38 bits per heavy atom. The minimum absolute atomic E-state index is 0.845. The molecule has 0 bridgehead atoms. The summed E-state index contributed by atoms with van der Waals surface area (Å²) in [6.45, 7) is 0.845. The Morgan fingerprint density at radius 2 is 2.25 bits per heavy atom. The van der Waals surface area contributed by atoms with Crippen LogP contribution in [0, 0.1) is 0 Å². The fourth-order valence-electron chi connectivity index (χ4n) is 1.38. The fourth-order valence-corrected chi connectivity index (χ4v) is 2.50. The molecule has 1 aromatic carbocycles. The number of methoxy groups -OCH3 is 1. The number of halogens is 1. The van der Waals surface area contributed by atoms with E-state index in [2.05, 4.69) is 38.8 Å². The molecule has 4 heteroatoms. The molecule has 0 saturated heterocycles. The highest BCUT2D eigenvalue weighted by Crippen LogP contribution is 2.25. The maximum Gasteiger partial charge on any atom is 0.122 e. The average Bonchev–Trinajstić information content (AvgIpc) is 2.78. The van der Waals surface area contributed by atoms with Crippen molar-refractivity contribution in [1.29, 1.82) is 0 Å². The molecule has 16 heavy (non-hydrogen) atoms. The number of anilines is 1. The van der Waals surface area contributed by atoms with Gasteiger partial charge in [-0.1, -0.05) is 22.0 Å². The zero-order chi connectivity index (χ0) is 11.4. The lowest BCUT2D eigenvalue weighted by Crippen LogP contribution is -1.97. The quantitative estimate of drug-likeness (QED) is 0.916. The third-order valence-corrected chi connectivity index (χ3v) is 3.49. The molecule has 0 amide bonds. The molecule has 84 valence electrons. The topological polar surface area (TPSA) is 21.3 Å². The molecular weight excluding hydrogens is 286 g/mol. The van der Waals surface area contributed by atoms with Crippen molar-refractivity contribution in [2.24, 2.45) is 0 Å². The molecule has 2 nitrogen and oxygen atoms in total. The molecule has 2 aromatic rings. The highest BCUT2D eigenvalue weighted by molar-refractivity contribution is 9.10. The Morgan fingerprint density at radius 3 is 2.94 bits per heavy atom. The normalized spacial score (nSPS) is 10.1. The average molecular weight is 298 g/mol. The van der Waals surface area contributed by atoms with Crippen molar-refractivity contribution < 1.29 is 4.74 Å². The van der Waals surface area contributed by atoms with Crippen LogP contribution < -0.4 is 10.1 Å². The predicted octanol–water partition coefficient (Wildman–Crippen LogP) is 4.13. The molecule has 1 aromatic heterocycles. The minimum Gasteiger partial charge on any atom is -0.497 e. The first-order valence-electron chi connectivity index (χ1n) is 4.89. The van der Waals surface area contributed by atoms with Gasteiger partial charge in [-0.3, -0.25) is 0 Å². The molecule has 1 heterocycles. The zero-order valence-corrected chi connectivity index (χ0v) is 11.3. The summed E-state index contributed by atoms with van der Waals surface area (Å²) in [5.74, 6) is 0.850. The SMILES string of the molecule is COc1cc(Br)cc(NCc2cccs2)c1. The number of benzene rings is 1. The van der Waals surface area contributed by atoms with Crippen LogP contribution >= 0.6 is 27.3 Å². The molecule has 0 spiro atoms. The van der Waals surface area contributed by atoms with Gasteiger partial charge in [0.25, 0.3) is 0 Å². The van der Waals surface area contributed by atoms with Crippen LogP contribution in [-0.2, 0) is 6.54 Å². The lowest BCUT2D eigenvalue weighted by atomic mass is 10.3. The van der Waals surface area contributed by atoms with E-state index in [-0.39, 0.29) is 0 Å². The van der Waals surface area contributed by atoms with Crippen LogP contribution in [0.1, 0.15) is 4.88 Å². The van der Waals surface area contributed by atoms with Crippen molar-refractivity contribution in [2.45, 2.75) is 6.54 Å². The van der Waals surface area contributed by atoms with Gasteiger partial charge in [0, 0.05) is 27.6 Å². The van der Waals surface area contributed by atoms with E-state index in [0.29, 0.717) is 0 Å². The molecule has 0 aliphatic carbocycles. The highest BCUT2D eigenvalue weighted by atomic mass is 79.9. The second-order valence-electron chi connectivity index (χ2n) is 3.31. The standard InChI is InChI=1S/C12H12BrNOS/c1-15-11-6-9(13)5-10(7-11)14-8-12-3-2-4-16-12/h2-7,14H,8H2,1H3. The Labute approximate surface area is 107 Å². The van der Waals surface area contributed by atoms with Gasteiger partial charge >= 0.3 is 0 Å². The number of hydrogen-bond donors (Lipinski definition) is 1. The van der Waals surface area contributed by atoms with Gasteiger partial charge in [0.2, 0.25) is 0 Å². The van der Waals surface area contributed by atoms with E-state index in [4.69, 9.17) is 4.74 Å². The lowest BCUT2D eigenvalue weighted by Gasteiger charge is -2.08. The van der Waals surface area contributed by atoms with Gasteiger partial charge < -0.3 is 10.1 Å². The summed E-state index contributed by atoms with van der Waals surface area (Å²) in [5, 5.41) is 5.44. The molecule has 0 atom stereocenters. The van der Waals surface area contributed by atoms with E-state index in [9.17, 15) is 0 Å². The molecular formula is C12H12BrNOS. The first-order chi connectivity index (χ1) is 7.78. The molecule has 0 aliphatic heterocycles. The Bertz CT molecular complexity index is 456. The number of thiophene rings is 1. The molecule has 2 rings (SSSR count). The van der Waals surface area contributed by atoms with Crippen LogP contribution in [0.5, 0.6) is 5.75 Å². The molecule has 0 saturated carbocycles. The third kappa shape index (κ3) is 3.00. The van der Waals surface area contributed by atoms with Crippen LogP contribution in [-0.4, -0.2) is 7.11 Å². The van der Waals surface area contributed by atoms with Crippen molar-refractivity contribution in [3.05, 3.63) is 45.1 Å². The number of ether oxygens (including phenoxy) is 1. The van der Waals surface area contributed by atoms with Crippen molar-refractivity contribution in [2.75, 3.05) is 12.4 Å². The minimum atomic E-state index is 0.845. The van der Waals surface area contributed by atoms with Gasteiger partial charge in [-0.25, -0.2) is 0 Å². The molecule has 1 N–H and O–H groups in total. The first kappa shape index (κ1) is 11.5. The summed E-state index contributed by atoms with van der Waals surface area (Å²) in [6.07, 6.45) is 0. The van der Waals surface area contributed by atoms with E-state index in [1.165, 1.54) is 4.88 Å². The summed E-state index contributed by atoms with van der Waals surface area (Å²) >= 11 is 5.21. The van der Waals surface area contributed by atoms with Gasteiger partial charge in [-0.2, -0.15) is 0 Å². The summed E-state index contributed by atoms with van der Waals surface area (Å²) in [6, 6.07) is 10.1. The predicted molar refractivity (Wildman–Crippen MR) is 72.3 cm³/mol. The summed E-state index contributed by atoms with van der Waals surface area (Å²) in [5.41, 5.74) is 1.06. The number of nitrogens with one attached hydrogen (secondary N) is 1. The van der Waals surface area contributed by atoms with Crippen LogP contribution in [0.2, 0.25) is 0 Å². The maximum atomic E-state index is 5.21. The van der Waals surface area contributed by atoms with Crippen molar-refractivity contribution in [3.8, 4) is 5.75 Å². The van der Waals surface area contributed by atoms with Crippen molar-refractivity contribution >= 4 is 33.0 Å². The van der Waals surface area contributed by atoms with Crippen molar-refractivity contribution in [1.82, 2.24) is 0 Å². The van der Waals surface area contributed by atoms with Gasteiger partial charge in [-0.15, -0.1) is 11.3 Å². The number of rotatable bonds is 4. The van der Waals surface area contributed by atoms with Crippen molar-refractivity contribution in [3.63, 3.8) is 0 Å². The molecule has 0 fully saturated rings. The fraction of sp³-hybridized carbons (Fsp3) is 0.167. The van der Waals surface area contributed by atoms with Crippen LogP contribution in [0.4, 0.5) is 5.69 Å². The summed E-state index contributed by atoms with van der Waals surface area (Å²) < 4.78 is 6.22. The van der Waals surface area contributed by atoms with E-state index >= 15 is 0 Å². The van der Waals surface area contributed by atoms with Gasteiger partial charge in [0.05, 0.1) is 7.11 Å². The number of hydrogen-bond acceptors (Lipinski definition) is 3. The smallest absolute Gasteiger partial charge is 0.122 e. The third-order valence-electron chi connectivity index (χ3n) is 2.15. The summed E-state index contributed by atoms with van der Waals surface area (Å²) in [7, 11) is 1.67. The van der Waals surface area contributed by atoms with Gasteiger partial charge in [0.15, 0.2) is 0 Å². The monoisotopic (exact) mass is 297 g/mol. The molecule has 0 unspecified atom stereocenters. The lowest BCUT2D eigenvalue weighted by molar-refractivity contribution is 0.414. The van der Waals surface area contributed by atoms with E-state index in [1.54, 1.807) is 18.4 Å². The second kappa shape index (κ2) is 5.37. The van der Waals surface area contributed by atoms with Gasteiger partial charge in [-0.05, 0) is 23.6 Å². The molecule has 0 aliphatic rings. The van der Waals surface area contributed by atoms with E-state index < -0.39 is 0 Å². The second-order valence-corrected chi connectivity index (χ2v) is 5.26. The zero-order valence-electron chi connectivity index (χ0n) is 8.87. The Kier molecular flexibility index (Phi) is 3.85. The van der Waals surface area contributed by atoms with E-state index in [1.807, 2.05) is 18.2 Å². The largest absolute Gasteiger partial charge is 0.497 e. The Hall–Kier alpha value is -1.00. The van der Waals surface area contributed by atoms with Crippen LogP contribution in [0.3, 0.4) is 0 Å². The summed E-state index contributed by atoms with van der Waals surface area (Å²) in [4.78, 5) is 1.32.